The molecule has 1 saturated carbocycles. The minimum atomic E-state index is -0.238. The predicted octanol–water partition coefficient (Wildman–Crippen LogP) is 5.21. The fourth-order valence-electron chi connectivity index (χ4n) is 5.83. The zero-order valence-electron chi connectivity index (χ0n) is 20.8. The number of carbonyl (C=O) groups excluding carboxylic acids is 2. The summed E-state index contributed by atoms with van der Waals surface area (Å²) in [6.45, 7) is 12.2. The number of aryl methyl sites for hydroxylation is 1. The molecule has 2 heterocycles. The summed E-state index contributed by atoms with van der Waals surface area (Å²) in [7, 11) is 1.65. The number of urea groups is 1. The molecule has 5 nitrogen and oxygen atoms in total. The van der Waals surface area contributed by atoms with Crippen molar-refractivity contribution in [2.45, 2.75) is 83.1 Å². The molecule has 0 radical (unpaired) electrons. The van der Waals surface area contributed by atoms with E-state index in [2.05, 4.69) is 52.8 Å². The fourth-order valence-corrected chi connectivity index (χ4v) is 5.83. The first-order valence-corrected chi connectivity index (χ1v) is 12.1. The number of nitrogens with zero attached hydrogens (tertiary/aromatic N) is 3. The Morgan fingerprint density at radius 1 is 0.909 bits per heavy atom. The molecule has 3 aliphatic rings. The van der Waals surface area contributed by atoms with Crippen LogP contribution in [0.4, 0.5) is 4.79 Å². The standard InChI is InChI=1S/C28H35N3O2/c1-18-13-21-22(27(4,5)10-9-26(21,2)3)14-20(18)28(11-12-28)23-8-7-19(15-29-23)16-31-24(32)17-30(6)25(31)33/h7-8,13-15H,9-12,16-17H2,1-6H3. The van der Waals surface area contributed by atoms with Crippen molar-refractivity contribution in [3.8, 4) is 0 Å². The van der Waals surface area contributed by atoms with Crippen LogP contribution in [0.1, 0.15) is 86.9 Å². The minimum absolute atomic E-state index is 0.0190. The van der Waals surface area contributed by atoms with Crippen LogP contribution in [0.25, 0.3) is 0 Å². The summed E-state index contributed by atoms with van der Waals surface area (Å²) in [5.74, 6) is -0.152. The maximum Gasteiger partial charge on any atom is 0.327 e. The smallest absolute Gasteiger partial charge is 0.318 e. The van der Waals surface area contributed by atoms with Gasteiger partial charge < -0.3 is 4.90 Å². The number of imide groups is 1. The van der Waals surface area contributed by atoms with E-state index < -0.39 is 0 Å². The third-order valence-electron chi connectivity index (χ3n) is 8.35. The van der Waals surface area contributed by atoms with E-state index in [0.29, 0.717) is 0 Å². The molecule has 0 atom stereocenters. The second-order valence-electron chi connectivity index (χ2n) is 11.7. The van der Waals surface area contributed by atoms with Crippen molar-refractivity contribution in [1.29, 1.82) is 0 Å². The number of likely N-dealkylation sites (N-methyl/N-ethyl adjacent to an activating group) is 1. The van der Waals surface area contributed by atoms with E-state index in [1.54, 1.807) is 7.05 Å². The van der Waals surface area contributed by atoms with Crippen molar-refractivity contribution in [2.24, 2.45) is 0 Å². The molecule has 5 heteroatoms. The molecule has 1 aliphatic heterocycles. The molecule has 1 saturated heterocycles. The number of fused-ring (bicyclic) bond motifs is 1. The molecule has 0 unspecified atom stereocenters. The fraction of sp³-hybridized carbons (Fsp3) is 0.536. The minimum Gasteiger partial charge on any atom is -0.318 e. The van der Waals surface area contributed by atoms with E-state index in [-0.39, 0.29) is 41.3 Å². The Kier molecular flexibility index (Phi) is 4.79. The van der Waals surface area contributed by atoms with Gasteiger partial charge >= 0.3 is 6.03 Å². The molecule has 33 heavy (non-hydrogen) atoms. The summed E-state index contributed by atoms with van der Waals surface area (Å²) in [6.07, 6.45) is 6.48. The largest absolute Gasteiger partial charge is 0.327 e. The van der Waals surface area contributed by atoms with Crippen LogP contribution in [-0.2, 0) is 27.6 Å². The lowest BCUT2D eigenvalue weighted by molar-refractivity contribution is -0.125. The van der Waals surface area contributed by atoms with Crippen LogP contribution in [0.15, 0.2) is 30.5 Å². The molecule has 1 aromatic heterocycles. The van der Waals surface area contributed by atoms with Gasteiger partial charge in [-0.1, -0.05) is 45.9 Å². The average Bonchev–Trinajstić information content (AvgIpc) is 3.52. The van der Waals surface area contributed by atoms with E-state index in [1.807, 2.05) is 12.3 Å². The van der Waals surface area contributed by atoms with Gasteiger partial charge in [0.2, 0.25) is 0 Å². The van der Waals surface area contributed by atoms with E-state index in [9.17, 15) is 9.59 Å². The summed E-state index contributed by atoms with van der Waals surface area (Å²) in [5.41, 5.74) is 8.13. The third kappa shape index (κ3) is 3.48. The molecule has 0 N–H and O–H groups in total. The summed E-state index contributed by atoms with van der Waals surface area (Å²) in [4.78, 5) is 31.9. The van der Waals surface area contributed by atoms with E-state index in [1.165, 1.54) is 44.9 Å². The zero-order chi connectivity index (χ0) is 23.8. The van der Waals surface area contributed by atoms with E-state index >= 15 is 0 Å². The van der Waals surface area contributed by atoms with Crippen LogP contribution in [0.3, 0.4) is 0 Å². The van der Waals surface area contributed by atoms with Gasteiger partial charge in [0, 0.05) is 18.7 Å². The van der Waals surface area contributed by atoms with Gasteiger partial charge in [0.25, 0.3) is 5.91 Å². The number of rotatable bonds is 4. The van der Waals surface area contributed by atoms with Crippen LogP contribution in [0, 0.1) is 6.92 Å². The van der Waals surface area contributed by atoms with Crippen molar-refractivity contribution >= 4 is 11.9 Å². The molecular weight excluding hydrogens is 410 g/mol. The van der Waals surface area contributed by atoms with Crippen LogP contribution >= 0.6 is 0 Å². The first-order chi connectivity index (χ1) is 15.4. The lowest BCUT2D eigenvalue weighted by Crippen LogP contribution is -2.34. The Morgan fingerprint density at radius 2 is 1.55 bits per heavy atom. The summed E-state index contributed by atoms with van der Waals surface area (Å²) < 4.78 is 0. The molecule has 174 valence electrons. The lowest BCUT2D eigenvalue weighted by atomic mass is 9.62. The maximum absolute atomic E-state index is 12.2. The Labute approximate surface area is 197 Å². The van der Waals surface area contributed by atoms with Gasteiger partial charge in [-0.3, -0.25) is 14.7 Å². The Hall–Kier alpha value is -2.69. The van der Waals surface area contributed by atoms with Crippen molar-refractivity contribution in [2.75, 3.05) is 13.6 Å². The SMILES string of the molecule is Cc1cc2c(cc1C1(c3ccc(CN4C(=O)CN(C)C4=O)cn3)CC1)C(C)(C)CCC2(C)C. The van der Waals surface area contributed by atoms with Gasteiger partial charge in [0.15, 0.2) is 0 Å². The summed E-state index contributed by atoms with van der Waals surface area (Å²) in [6, 6.07) is 8.83. The number of aromatic nitrogens is 1. The molecule has 5 rings (SSSR count). The Balaban J connectivity index is 1.47. The first kappa shape index (κ1) is 22.1. The molecule has 0 spiro atoms. The van der Waals surface area contributed by atoms with Crippen molar-refractivity contribution in [3.05, 3.63) is 64.0 Å². The van der Waals surface area contributed by atoms with Crippen LogP contribution in [0.5, 0.6) is 0 Å². The highest BCUT2D eigenvalue weighted by Gasteiger charge is 2.49. The number of hydrogen-bond donors (Lipinski definition) is 0. The van der Waals surface area contributed by atoms with Crippen molar-refractivity contribution < 1.29 is 9.59 Å². The highest BCUT2D eigenvalue weighted by atomic mass is 16.2. The molecule has 2 aliphatic carbocycles. The topological polar surface area (TPSA) is 53.5 Å². The summed E-state index contributed by atoms with van der Waals surface area (Å²) in [5, 5.41) is 0. The van der Waals surface area contributed by atoms with Gasteiger partial charge in [-0.25, -0.2) is 4.79 Å². The van der Waals surface area contributed by atoms with Crippen molar-refractivity contribution in [3.63, 3.8) is 0 Å². The third-order valence-corrected chi connectivity index (χ3v) is 8.35. The number of benzene rings is 1. The molecule has 2 fully saturated rings. The molecule has 0 bridgehead atoms. The lowest BCUT2D eigenvalue weighted by Gasteiger charge is -2.43. The van der Waals surface area contributed by atoms with Gasteiger partial charge in [-0.2, -0.15) is 0 Å². The van der Waals surface area contributed by atoms with Crippen LogP contribution in [-0.4, -0.2) is 40.3 Å². The normalized spacial score (nSPS) is 22.5. The monoisotopic (exact) mass is 445 g/mol. The van der Waals surface area contributed by atoms with Crippen LogP contribution < -0.4 is 0 Å². The number of pyridine rings is 1. The molecular formula is C28H35N3O2. The second kappa shape index (κ2) is 7.15. The molecule has 1 aromatic carbocycles. The molecule has 3 amide bonds. The highest BCUT2D eigenvalue weighted by Crippen LogP contribution is 2.56. The van der Waals surface area contributed by atoms with Gasteiger partial charge in [-0.05, 0) is 77.3 Å². The Bertz CT molecular complexity index is 1140. The van der Waals surface area contributed by atoms with Crippen LogP contribution in [0.2, 0.25) is 0 Å². The second-order valence-corrected chi connectivity index (χ2v) is 11.7. The average molecular weight is 446 g/mol. The zero-order valence-corrected chi connectivity index (χ0v) is 20.8. The first-order valence-electron chi connectivity index (χ1n) is 12.1. The van der Waals surface area contributed by atoms with E-state index in [0.717, 1.165) is 24.1 Å². The summed E-state index contributed by atoms with van der Waals surface area (Å²) >= 11 is 0. The van der Waals surface area contributed by atoms with Gasteiger partial charge in [0.05, 0.1) is 12.2 Å². The van der Waals surface area contributed by atoms with E-state index in [4.69, 9.17) is 4.98 Å². The van der Waals surface area contributed by atoms with Crippen molar-refractivity contribution in [1.82, 2.24) is 14.8 Å². The molecule has 2 aromatic rings. The maximum atomic E-state index is 12.2. The number of carbonyl (C=O) groups is 2. The number of amides is 3. The number of hydrogen-bond acceptors (Lipinski definition) is 3. The van der Waals surface area contributed by atoms with Gasteiger partial charge in [0.1, 0.15) is 6.54 Å². The predicted molar refractivity (Wildman–Crippen MR) is 129 cm³/mol. The Morgan fingerprint density at radius 3 is 2.06 bits per heavy atom. The highest BCUT2D eigenvalue weighted by molar-refractivity contribution is 6.01. The quantitative estimate of drug-likeness (QED) is 0.607. The van der Waals surface area contributed by atoms with Gasteiger partial charge in [-0.15, -0.1) is 0 Å².